The van der Waals surface area contributed by atoms with Gasteiger partial charge < -0.3 is 10.1 Å². The van der Waals surface area contributed by atoms with Crippen LogP contribution in [0.4, 0.5) is 8.78 Å². The summed E-state index contributed by atoms with van der Waals surface area (Å²) in [5.41, 5.74) is 0.801. The van der Waals surface area contributed by atoms with Gasteiger partial charge >= 0.3 is 0 Å². The van der Waals surface area contributed by atoms with Crippen LogP contribution in [0, 0.1) is 11.6 Å². The van der Waals surface area contributed by atoms with Crippen LogP contribution in [0.2, 0.25) is 0 Å². The second kappa shape index (κ2) is 5.50. The van der Waals surface area contributed by atoms with Crippen LogP contribution >= 0.6 is 0 Å². The van der Waals surface area contributed by atoms with Crippen molar-refractivity contribution >= 4 is 0 Å². The molecule has 104 valence electrons. The Kier molecular flexibility index (Phi) is 3.56. The number of halogens is 2. The Labute approximate surface area is 114 Å². The van der Waals surface area contributed by atoms with Gasteiger partial charge in [0.2, 0.25) is 5.88 Å². The van der Waals surface area contributed by atoms with Gasteiger partial charge in [-0.3, -0.25) is 0 Å². The van der Waals surface area contributed by atoms with Gasteiger partial charge in [0.1, 0.15) is 17.4 Å². The fourth-order valence-corrected chi connectivity index (χ4v) is 1.74. The van der Waals surface area contributed by atoms with E-state index in [1.807, 2.05) is 0 Å². The molecule has 0 spiro atoms. The first-order chi connectivity index (χ1) is 9.69. The average Bonchev–Trinajstić information content (AvgIpc) is 3.21. The lowest BCUT2D eigenvalue weighted by atomic mass is 10.3. The van der Waals surface area contributed by atoms with E-state index in [-0.39, 0.29) is 11.6 Å². The number of nitrogens with zero attached hydrogens (tertiary/aromatic N) is 2. The molecule has 0 bridgehead atoms. The molecule has 3 rings (SSSR count). The summed E-state index contributed by atoms with van der Waals surface area (Å²) in [5, 5.41) is 11.2. The van der Waals surface area contributed by atoms with Crippen LogP contribution in [-0.2, 0) is 6.54 Å². The monoisotopic (exact) mass is 277 g/mol. The number of aromatic nitrogens is 2. The number of rotatable bonds is 5. The van der Waals surface area contributed by atoms with Gasteiger partial charge in [0, 0.05) is 36.9 Å². The highest BCUT2D eigenvalue weighted by atomic mass is 19.1. The number of hydrogen-bond donors (Lipinski definition) is 1. The van der Waals surface area contributed by atoms with Crippen molar-refractivity contribution < 1.29 is 13.5 Å². The Bertz CT molecular complexity index is 580. The van der Waals surface area contributed by atoms with Gasteiger partial charge in [0.25, 0.3) is 0 Å². The SMILES string of the molecule is Fc1cc(F)cc(Oc2ccc(CNC3CC3)nn2)c1. The fraction of sp³-hybridized carbons (Fsp3) is 0.286. The Morgan fingerprint density at radius 3 is 2.45 bits per heavy atom. The van der Waals surface area contributed by atoms with Gasteiger partial charge in [-0.1, -0.05) is 0 Å². The summed E-state index contributed by atoms with van der Waals surface area (Å²) in [7, 11) is 0. The van der Waals surface area contributed by atoms with E-state index < -0.39 is 11.6 Å². The molecular weight excluding hydrogens is 264 g/mol. The summed E-state index contributed by atoms with van der Waals surface area (Å²) >= 11 is 0. The molecule has 0 radical (unpaired) electrons. The molecule has 1 heterocycles. The highest BCUT2D eigenvalue weighted by Gasteiger charge is 2.20. The van der Waals surface area contributed by atoms with E-state index in [1.54, 1.807) is 12.1 Å². The topological polar surface area (TPSA) is 47.0 Å². The third kappa shape index (κ3) is 3.48. The zero-order chi connectivity index (χ0) is 13.9. The first-order valence-corrected chi connectivity index (χ1v) is 6.39. The molecule has 1 aliphatic carbocycles. The van der Waals surface area contributed by atoms with Gasteiger partial charge in [0.05, 0.1) is 5.69 Å². The lowest BCUT2D eigenvalue weighted by molar-refractivity contribution is 0.443. The molecule has 1 aliphatic rings. The molecule has 1 aromatic carbocycles. The Hall–Kier alpha value is -2.08. The molecule has 0 unspecified atom stereocenters. The van der Waals surface area contributed by atoms with Crippen LogP contribution in [-0.4, -0.2) is 16.2 Å². The third-order valence-corrected chi connectivity index (χ3v) is 2.90. The molecule has 4 nitrogen and oxygen atoms in total. The van der Waals surface area contributed by atoms with Gasteiger partial charge in [-0.25, -0.2) is 8.78 Å². The number of hydrogen-bond acceptors (Lipinski definition) is 4. The second-order valence-corrected chi connectivity index (χ2v) is 4.73. The Balaban J connectivity index is 1.64. The molecule has 20 heavy (non-hydrogen) atoms. The Morgan fingerprint density at radius 1 is 1.10 bits per heavy atom. The van der Waals surface area contributed by atoms with Crippen molar-refractivity contribution in [2.45, 2.75) is 25.4 Å². The molecule has 1 aromatic heterocycles. The Morgan fingerprint density at radius 2 is 1.85 bits per heavy atom. The predicted molar refractivity (Wildman–Crippen MR) is 68.3 cm³/mol. The largest absolute Gasteiger partial charge is 0.437 e. The van der Waals surface area contributed by atoms with E-state index in [9.17, 15) is 8.78 Å². The van der Waals surface area contributed by atoms with Crippen LogP contribution in [0.1, 0.15) is 18.5 Å². The van der Waals surface area contributed by atoms with Gasteiger partial charge in [0.15, 0.2) is 0 Å². The van der Waals surface area contributed by atoms with Crippen molar-refractivity contribution in [1.29, 1.82) is 0 Å². The van der Waals surface area contributed by atoms with Crippen LogP contribution in [0.3, 0.4) is 0 Å². The summed E-state index contributed by atoms with van der Waals surface area (Å²) in [5.74, 6) is -1.14. The third-order valence-electron chi connectivity index (χ3n) is 2.90. The maximum atomic E-state index is 13.0. The highest BCUT2D eigenvalue weighted by Crippen LogP contribution is 2.22. The molecule has 1 N–H and O–H groups in total. The normalized spacial score (nSPS) is 14.3. The lowest BCUT2D eigenvalue weighted by Crippen LogP contribution is -2.16. The van der Waals surface area contributed by atoms with Crippen molar-refractivity contribution in [3.63, 3.8) is 0 Å². The number of ether oxygens (including phenoxy) is 1. The van der Waals surface area contributed by atoms with Crippen LogP contribution in [0.15, 0.2) is 30.3 Å². The van der Waals surface area contributed by atoms with E-state index in [0.717, 1.165) is 23.9 Å². The summed E-state index contributed by atoms with van der Waals surface area (Å²) < 4.78 is 31.3. The second-order valence-electron chi connectivity index (χ2n) is 4.73. The van der Waals surface area contributed by atoms with Crippen LogP contribution < -0.4 is 10.1 Å². The van der Waals surface area contributed by atoms with Crippen LogP contribution in [0.25, 0.3) is 0 Å². The molecule has 2 aromatic rings. The van der Waals surface area contributed by atoms with Crippen molar-refractivity contribution in [1.82, 2.24) is 15.5 Å². The van der Waals surface area contributed by atoms with Gasteiger partial charge in [-0.2, -0.15) is 5.10 Å². The zero-order valence-electron chi connectivity index (χ0n) is 10.6. The first kappa shape index (κ1) is 12.9. The highest BCUT2D eigenvalue weighted by molar-refractivity contribution is 5.28. The molecule has 0 aliphatic heterocycles. The minimum atomic E-state index is -0.696. The minimum Gasteiger partial charge on any atom is -0.437 e. The van der Waals surface area contributed by atoms with Gasteiger partial charge in [-0.05, 0) is 18.9 Å². The number of nitrogens with one attached hydrogen (secondary N) is 1. The molecule has 1 saturated carbocycles. The summed E-state index contributed by atoms with van der Waals surface area (Å²) in [6, 6.07) is 6.96. The molecular formula is C14H13F2N3O. The molecule has 0 atom stereocenters. The predicted octanol–water partition coefficient (Wildman–Crippen LogP) is 2.80. The van der Waals surface area contributed by atoms with E-state index in [1.165, 1.54) is 12.8 Å². The van der Waals surface area contributed by atoms with Crippen molar-refractivity contribution in [2.24, 2.45) is 0 Å². The quantitative estimate of drug-likeness (QED) is 0.913. The summed E-state index contributed by atoms with van der Waals surface area (Å²) in [4.78, 5) is 0. The molecule has 6 heteroatoms. The smallest absolute Gasteiger partial charge is 0.238 e. The van der Waals surface area contributed by atoms with Crippen molar-refractivity contribution in [2.75, 3.05) is 0 Å². The lowest BCUT2D eigenvalue weighted by Gasteiger charge is -2.05. The van der Waals surface area contributed by atoms with E-state index in [0.29, 0.717) is 12.6 Å². The maximum Gasteiger partial charge on any atom is 0.238 e. The van der Waals surface area contributed by atoms with E-state index >= 15 is 0 Å². The van der Waals surface area contributed by atoms with E-state index in [4.69, 9.17) is 4.74 Å². The summed E-state index contributed by atoms with van der Waals surface area (Å²) in [6.45, 7) is 0.659. The van der Waals surface area contributed by atoms with Crippen LogP contribution in [0.5, 0.6) is 11.6 Å². The minimum absolute atomic E-state index is 0.0562. The standard InChI is InChI=1S/C14H13F2N3O/c15-9-5-10(16)7-13(6-9)20-14-4-3-12(18-19-14)8-17-11-1-2-11/h3-7,11,17H,1-2,8H2. The van der Waals surface area contributed by atoms with Gasteiger partial charge in [-0.15, -0.1) is 5.10 Å². The van der Waals surface area contributed by atoms with Crippen molar-refractivity contribution in [3.05, 3.63) is 47.7 Å². The average molecular weight is 277 g/mol. The fourth-order valence-electron chi connectivity index (χ4n) is 1.74. The van der Waals surface area contributed by atoms with E-state index in [2.05, 4.69) is 15.5 Å². The number of benzene rings is 1. The molecule has 0 amide bonds. The molecule has 1 fully saturated rings. The molecule has 0 saturated heterocycles. The zero-order valence-corrected chi connectivity index (χ0v) is 10.6. The first-order valence-electron chi connectivity index (χ1n) is 6.39. The maximum absolute atomic E-state index is 13.0. The summed E-state index contributed by atoms with van der Waals surface area (Å²) in [6.07, 6.45) is 2.42. The van der Waals surface area contributed by atoms with Crippen molar-refractivity contribution in [3.8, 4) is 11.6 Å².